The summed E-state index contributed by atoms with van der Waals surface area (Å²) in [4.78, 5) is 0. The molecule has 0 spiro atoms. The molecule has 1 aromatic rings. The number of benzene rings is 1. The summed E-state index contributed by atoms with van der Waals surface area (Å²) in [6.45, 7) is 0.224. The third kappa shape index (κ3) is 3.01. The second-order valence-electron chi connectivity index (χ2n) is 2.62. The zero-order valence-corrected chi connectivity index (χ0v) is 7.82. The van der Waals surface area contributed by atoms with Gasteiger partial charge in [-0.3, -0.25) is 0 Å². The number of nitrogens with one attached hydrogen (secondary N) is 1. The molecule has 1 N–H and O–H groups in total. The van der Waals surface area contributed by atoms with E-state index in [-0.39, 0.29) is 12.4 Å². The molecule has 0 aliphatic rings. The monoisotopic (exact) mass is 191 g/mol. The maximum atomic E-state index is 10.1. The van der Waals surface area contributed by atoms with Gasteiger partial charge in [0, 0.05) is 0 Å². The van der Waals surface area contributed by atoms with E-state index in [2.05, 4.69) is 0 Å². The molecular formula is C9H10BNO3. The molecule has 0 radical (unpaired) electrons. The van der Waals surface area contributed by atoms with Crippen LogP contribution >= 0.6 is 0 Å². The van der Waals surface area contributed by atoms with Crippen LogP contribution in [0.1, 0.15) is 5.56 Å². The standard InChI is InChI=1S/C9H10BNO3/c1-13-8-4-2-7(3-5-8)6-14-9(11)10-12/h2-5,11H,6H2,1H3. The summed E-state index contributed by atoms with van der Waals surface area (Å²) < 4.78 is 19.9. The Hall–Kier alpha value is -1.65. The number of methoxy groups -OCH3 is 1. The van der Waals surface area contributed by atoms with Gasteiger partial charge in [0.2, 0.25) is 0 Å². The Bertz CT molecular complexity index is 323. The number of hydrogen-bond donors (Lipinski definition) is 1. The average Bonchev–Trinajstić information content (AvgIpc) is 2.26. The molecule has 4 nitrogen and oxygen atoms in total. The first-order valence-corrected chi connectivity index (χ1v) is 4.05. The molecule has 5 heteroatoms. The van der Waals surface area contributed by atoms with E-state index in [0.29, 0.717) is 7.15 Å². The molecule has 0 atom stereocenters. The van der Waals surface area contributed by atoms with Crippen LogP contribution in [0.15, 0.2) is 24.3 Å². The predicted octanol–water partition coefficient (Wildman–Crippen LogP) is 1.20. The Labute approximate surface area is 82.6 Å². The van der Waals surface area contributed by atoms with Crippen LogP contribution in [0.3, 0.4) is 0 Å². The van der Waals surface area contributed by atoms with Gasteiger partial charge in [0.05, 0.1) is 0 Å². The molecule has 0 aliphatic heterocycles. The van der Waals surface area contributed by atoms with Crippen LogP contribution in [-0.4, -0.2) is 20.1 Å². The first kappa shape index (κ1) is 10.4. The molecule has 0 bridgehead atoms. The van der Waals surface area contributed by atoms with Crippen molar-refractivity contribution in [3.05, 3.63) is 29.8 Å². The molecule has 0 saturated heterocycles. The molecule has 72 valence electrons. The van der Waals surface area contributed by atoms with Gasteiger partial charge in [0.25, 0.3) is 0 Å². The topological polar surface area (TPSA) is 59.4 Å². The molecule has 0 heterocycles. The molecule has 1 aromatic carbocycles. The van der Waals surface area contributed by atoms with Crippen LogP contribution in [0.4, 0.5) is 0 Å². The summed E-state index contributed by atoms with van der Waals surface area (Å²) in [6.07, 6.45) is 0. The molecule has 14 heavy (non-hydrogen) atoms. The molecule has 0 fully saturated rings. The fraction of sp³-hybridized carbons (Fsp3) is 0.222. The van der Waals surface area contributed by atoms with Crippen molar-refractivity contribution in [2.24, 2.45) is 0 Å². The molecule has 0 aromatic heterocycles. The van der Waals surface area contributed by atoms with Gasteiger partial charge in [-0.1, -0.05) is 0 Å². The third-order valence-corrected chi connectivity index (χ3v) is 1.66. The Morgan fingerprint density at radius 1 is 1.43 bits per heavy atom. The minimum atomic E-state index is -0.360. The summed E-state index contributed by atoms with van der Waals surface area (Å²) in [5, 5.41) is 6.95. The molecule has 0 unspecified atom stereocenters. The van der Waals surface area contributed by atoms with Gasteiger partial charge in [-0.05, 0) is 0 Å². The van der Waals surface area contributed by atoms with Crippen molar-refractivity contribution in [3.63, 3.8) is 0 Å². The minimum absolute atomic E-state index is 0.224. The fourth-order valence-corrected chi connectivity index (χ4v) is 0.917. The van der Waals surface area contributed by atoms with E-state index in [1.54, 1.807) is 19.2 Å². The van der Waals surface area contributed by atoms with Crippen molar-refractivity contribution in [2.75, 3.05) is 7.11 Å². The zero-order valence-electron chi connectivity index (χ0n) is 7.82. The number of hydrogen-bond acceptors (Lipinski definition) is 4. The number of rotatable bonds is 4. The maximum absolute atomic E-state index is 10.1. The number of ether oxygens (including phenoxy) is 2. The van der Waals surface area contributed by atoms with Crippen LogP contribution in [-0.2, 0) is 16.0 Å². The average molecular weight is 191 g/mol. The molecule has 0 amide bonds. The second-order valence-corrected chi connectivity index (χ2v) is 2.62. The Morgan fingerprint density at radius 3 is 2.57 bits per heavy atom. The van der Waals surface area contributed by atoms with Crippen LogP contribution in [0.5, 0.6) is 5.75 Å². The van der Waals surface area contributed by atoms with Crippen LogP contribution < -0.4 is 4.74 Å². The van der Waals surface area contributed by atoms with Crippen molar-refractivity contribution >= 4 is 12.9 Å². The summed E-state index contributed by atoms with van der Waals surface area (Å²) in [6, 6.07) is 7.22. The van der Waals surface area contributed by atoms with Crippen molar-refractivity contribution in [1.29, 1.82) is 5.41 Å². The third-order valence-electron chi connectivity index (χ3n) is 1.66. The molecular weight excluding hydrogens is 181 g/mol. The first-order chi connectivity index (χ1) is 6.76. The normalized spacial score (nSPS) is 8.93. The van der Waals surface area contributed by atoms with Gasteiger partial charge in [-0.25, -0.2) is 0 Å². The Morgan fingerprint density at radius 2 is 2.07 bits per heavy atom. The van der Waals surface area contributed by atoms with E-state index in [9.17, 15) is 4.70 Å². The first-order valence-electron chi connectivity index (χ1n) is 4.05. The summed E-state index contributed by atoms with van der Waals surface area (Å²) in [7, 11) is 1.96. The predicted molar refractivity (Wildman–Crippen MR) is 52.0 cm³/mol. The van der Waals surface area contributed by atoms with Gasteiger partial charge in [0.1, 0.15) is 0 Å². The van der Waals surface area contributed by atoms with E-state index in [1.165, 1.54) is 0 Å². The molecule has 0 saturated carbocycles. The van der Waals surface area contributed by atoms with Crippen molar-refractivity contribution in [3.8, 4) is 5.75 Å². The van der Waals surface area contributed by atoms with Gasteiger partial charge in [-0.15, -0.1) is 0 Å². The molecule has 1 rings (SSSR count). The SMILES string of the molecule is COc1ccc(COC(=N)B=O)cc1. The van der Waals surface area contributed by atoms with Gasteiger partial charge in [-0.2, -0.15) is 0 Å². The van der Waals surface area contributed by atoms with E-state index in [1.807, 2.05) is 12.1 Å². The van der Waals surface area contributed by atoms with E-state index >= 15 is 0 Å². The zero-order chi connectivity index (χ0) is 10.4. The summed E-state index contributed by atoms with van der Waals surface area (Å²) >= 11 is 0. The van der Waals surface area contributed by atoms with Crippen LogP contribution in [0, 0.1) is 5.41 Å². The summed E-state index contributed by atoms with van der Waals surface area (Å²) in [5.41, 5.74) is 0.886. The van der Waals surface area contributed by atoms with Gasteiger partial charge >= 0.3 is 81.8 Å². The Kier molecular flexibility index (Phi) is 3.85. The van der Waals surface area contributed by atoms with Crippen molar-refractivity contribution in [1.82, 2.24) is 0 Å². The summed E-state index contributed by atoms with van der Waals surface area (Å²) in [5.74, 6) is 0.403. The van der Waals surface area contributed by atoms with E-state index in [0.717, 1.165) is 11.3 Å². The van der Waals surface area contributed by atoms with E-state index in [4.69, 9.17) is 14.9 Å². The Balaban J connectivity index is 2.51. The van der Waals surface area contributed by atoms with E-state index < -0.39 is 0 Å². The van der Waals surface area contributed by atoms with Crippen molar-refractivity contribution < 1.29 is 14.2 Å². The molecule has 0 aliphatic carbocycles. The fourth-order valence-electron chi connectivity index (χ4n) is 0.917. The van der Waals surface area contributed by atoms with Crippen LogP contribution in [0.2, 0.25) is 0 Å². The van der Waals surface area contributed by atoms with Gasteiger partial charge in [0.15, 0.2) is 0 Å². The second kappa shape index (κ2) is 5.16. The van der Waals surface area contributed by atoms with Crippen molar-refractivity contribution in [2.45, 2.75) is 6.61 Å². The van der Waals surface area contributed by atoms with Crippen LogP contribution in [0.25, 0.3) is 0 Å². The van der Waals surface area contributed by atoms with Gasteiger partial charge < -0.3 is 0 Å². The quantitative estimate of drug-likeness (QED) is 0.441.